The molecule has 14 heteroatoms. The molecule has 52 heavy (non-hydrogen) atoms. The van der Waals surface area contributed by atoms with Gasteiger partial charge in [-0.05, 0) is 63.0 Å². The van der Waals surface area contributed by atoms with E-state index in [1.54, 1.807) is 47.3 Å². The molecule has 1 atom stereocenters. The second kappa shape index (κ2) is 16.2. The van der Waals surface area contributed by atoms with Crippen LogP contribution in [-0.4, -0.2) is 91.5 Å². The van der Waals surface area contributed by atoms with Gasteiger partial charge in [-0.1, -0.05) is 29.8 Å². The van der Waals surface area contributed by atoms with Crippen LogP contribution in [-0.2, 0) is 9.53 Å². The Morgan fingerprint density at radius 1 is 1.04 bits per heavy atom. The van der Waals surface area contributed by atoms with Crippen LogP contribution in [0.5, 0.6) is 11.5 Å². The van der Waals surface area contributed by atoms with E-state index in [-0.39, 0.29) is 22.4 Å². The van der Waals surface area contributed by atoms with Crippen molar-refractivity contribution in [2.45, 2.75) is 13.0 Å². The molecule has 1 amide bonds. The van der Waals surface area contributed by atoms with Crippen LogP contribution in [0.4, 0.5) is 23.1 Å². The quantitative estimate of drug-likeness (QED) is 0.152. The van der Waals surface area contributed by atoms with Crippen molar-refractivity contribution in [3.63, 3.8) is 0 Å². The van der Waals surface area contributed by atoms with E-state index < -0.39 is 6.04 Å². The topological polar surface area (TPSA) is 136 Å². The number of halogens is 1. The number of hydrogen-bond acceptors (Lipinski definition) is 11. The highest BCUT2D eigenvalue weighted by Crippen LogP contribution is 2.39. The van der Waals surface area contributed by atoms with Crippen molar-refractivity contribution in [1.82, 2.24) is 24.4 Å². The van der Waals surface area contributed by atoms with Crippen molar-refractivity contribution >= 4 is 51.7 Å². The fourth-order valence-corrected chi connectivity index (χ4v) is 6.22. The van der Waals surface area contributed by atoms with Gasteiger partial charge in [-0.3, -0.25) is 14.2 Å². The molecule has 0 spiro atoms. The SMILES string of the molecule is COc1cc(OC)c(Cl)c(-c2cc3cnc(Nc4ccc(N5CCOCC5)cn4)nc3n(C(C)c3cccc(NC(=O)/C=C/CN(C)C)c3)c2=O)c1. The predicted molar refractivity (Wildman–Crippen MR) is 204 cm³/mol. The number of hydrogen-bond donors (Lipinski definition) is 2. The van der Waals surface area contributed by atoms with Gasteiger partial charge in [-0.2, -0.15) is 4.98 Å². The summed E-state index contributed by atoms with van der Waals surface area (Å²) >= 11 is 6.81. The van der Waals surface area contributed by atoms with E-state index in [9.17, 15) is 9.59 Å². The zero-order valence-electron chi connectivity index (χ0n) is 29.7. The lowest BCUT2D eigenvalue weighted by atomic mass is 10.0. The number of morpholine rings is 1. The maximum atomic E-state index is 14.7. The van der Waals surface area contributed by atoms with Crippen LogP contribution < -0.4 is 30.6 Å². The summed E-state index contributed by atoms with van der Waals surface area (Å²) in [6.07, 6.45) is 6.74. The molecule has 1 aliphatic rings. The number of carbonyl (C=O) groups is 1. The number of nitrogens with one attached hydrogen (secondary N) is 2. The lowest BCUT2D eigenvalue weighted by Crippen LogP contribution is -2.36. The van der Waals surface area contributed by atoms with Gasteiger partial charge in [0.1, 0.15) is 23.0 Å². The largest absolute Gasteiger partial charge is 0.497 e. The molecule has 6 rings (SSSR count). The predicted octanol–water partition coefficient (Wildman–Crippen LogP) is 5.77. The lowest BCUT2D eigenvalue weighted by molar-refractivity contribution is -0.111. The number of fused-ring (bicyclic) bond motifs is 1. The molecule has 1 saturated heterocycles. The van der Waals surface area contributed by atoms with Crippen molar-refractivity contribution < 1.29 is 19.0 Å². The molecule has 1 unspecified atom stereocenters. The van der Waals surface area contributed by atoms with E-state index in [0.717, 1.165) is 24.3 Å². The standard InChI is InChI=1S/C38H41ClN8O5/c1-24(25-8-6-9-27(18-25)42-34(48)10-7-13-45(2)3)47-36-26(19-31(37(47)49)30-20-29(50-4)21-32(51-5)35(30)39)22-41-38(44-36)43-33-12-11-28(23-40-33)46-14-16-52-17-15-46/h6-12,18-24H,13-17H2,1-5H3,(H,42,48)(H,40,41,43,44)/b10-7+. The molecular weight excluding hydrogens is 684 g/mol. The van der Waals surface area contributed by atoms with Crippen molar-refractivity contribution in [1.29, 1.82) is 0 Å². The highest BCUT2D eigenvalue weighted by molar-refractivity contribution is 6.35. The first-order valence-corrected chi connectivity index (χ1v) is 17.1. The fraction of sp³-hybridized carbons (Fsp3) is 0.289. The molecule has 1 aliphatic heterocycles. The molecule has 4 heterocycles. The molecule has 1 fully saturated rings. The zero-order chi connectivity index (χ0) is 36.8. The molecule has 270 valence electrons. The summed E-state index contributed by atoms with van der Waals surface area (Å²) in [6, 6.07) is 15.8. The molecule has 2 aromatic carbocycles. The number of ether oxygens (including phenoxy) is 3. The van der Waals surface area contributed by atoms with Gasteiger partial charge >= 0.3 is 0 Å². The number of pyridine rings is 2. The minimum atomic E-state index is -0.545. The second-order valence-electron chi connectivity index (χ2n) is 12.5. The summed E-state index contributed by atoms with van der Waals surface area (Å²) in [7, 11) is 6.89. The average molecular weight is 725 g/mol. The smallest absolute Gasteiger partial charge is 0.260 e. The van der Waals surface area contributed by atoms with Gasteiger partial charge in [0.2, 0.25) is 11.9 Å². The molecule has 13 nitrogen and oxygen atoms in total. The number of amides is 1. The Morgan fingerprint density at radius 2 is 1.85 bits per heavy atom. The van der Waals surface area contributed by atoms with Gasteiger partial charge in [-0.25, -0.2) is 9.97 Å². The fourth-order valence-electron chi connectivity index (χ4n) is 5.93. The van der Waals surface area contributed by atoms with Crippen molar-refractivity contribution in [3.8, 4) is 22.6 Å². The summed E-state index contributed by atoms with van der Waals surface area (Å²) in [5, 5.41) is 6.96. The Bertz CT molecular complexity index is 2150. The summed E-state index contributed by atoms with van der Waals surface area (Å²) in [5.41, 5.74) is 3.12. The van der Waals surface area contributed by atoms with Gasteiger partial charge in [0, 0.05) is 60.2 Å². The first-order valence-electron chi connectivity index (χ1n) is 16.8. The molecule has 2 N–H and O–H groups in total. The lowest BCUT2D eigenvalue weighted by Gasteiger charge is -2.28. The Labute approximate surface area is 306 Å². The second-order valence-corrected chi connectivity index (χ2v) is 12.9. The Morgan fingerprint density at radius 3 is 2.56 bits per heavy atom. The minimum absolute atomic E-state index is 0.257. The van der Waals surface area contributed by atoms with Crippen LogP contribution >= 0.6 is 11.6 Å². The molecule has 5 aromatic rings. The number of aromatic nitrogens is 4. The van der Waals surface area contributed by atoms with Gasteiger partial charge in [0.05, 0.1) is 50.4 Å². The maximum Gasteiger partial charge on any atom is 0.260 e. The molecule has 0 radical (unpaired) electrons. The molecular formula is C38H41ClN8O5. The number of anilines is 4. The van der Waals surface area contributed by atoms with Crippen LogP contribution in [0.1, 0.15) is 18.5 Å². The number of carbonyl (C=O) groups excluding carboxylic acids is 1. The summed E-state index contributed by atoms with van der Waals surface area (Å²) in [4.78, 5) is 45.5. The number of nitrogens with zero attached hydrogens (tertiary/aromatic N) is 6. The monoisotopic (exact) mass is 724 g/mol. The van der Waals surface area contributed by atoms with Gasteiger partial charge in [-0.15, -0.1) is 0 Å². The summed E-state index contributed by atoms with van der Waals surface area (Å²) in [5.74, 6) is 1.39. The number of methoxy groups -OCH3 is 2. The number of rotatable bonds is 12. The van der Waals surface area contributed by atoms with Crippen molar-refractivity contribution in [2.24, 2.45) is 0 Å². The molecule has 0 bridgehead atoms. The average Bonchev–Trinajstić information content (AvgIpc) is 3.15. The molecule has 0 saturated carbocycles. The zero-order valence-corrected chi connectivity index (χ0v) is 30.5. The van der Waals surface area contributed by atoms with E-state index in [1.165, 1.54) is 20.3 Å². The van der Waals surface area contributed by atoms with Gasteiger partial charge in [0.25, 0.3) is 5.56 Å². The Balaban J connectivity index is 1.42. The van der Waals surface area contributed by atoms with Crippen LogP contribution in [0.3, 0.4) is 0 Å². The molecule has 3 aromatic heterocycles. The Kier molecular flexibility index (Phi) is 11.3. The van der Waals surface area contributed by atoms with Gasteiger partial charge in [0.15, 0.2) is 0 Å². The first kappa shape index (κ1) is 36.3. The van der Waals surface area contributed by atoms with Crippen LogP contribution in [0, 0.1) is 0 Å². The first-order chi connectivity index (χ1) is 25.1. The summed E-state index contributed by atoms with van der Waals surface area (Å²) in [6.45, 7) is 5.49. The number of likely N-dealkylation sites (N-methyl/N-ethyl adjacent to an activating group) is 1. The van der Waals surface area contributed by atoms with Crippen molar-refractivity contribution in [3.05, 3.63) is 100 Å². The van der Waals surface area contributed by atoms with Crippen LogP contribution in [0.25, 0.3) is 22.2 Å². The van der Waals surface area contributed by atoms with Gasteiger partial charge < -0.3 is 34.6 Å². The van der Waals surface area contributed by atoms with E-state index in [1.807, 2.05) is 56.3 Å². The van der Waals surface area contributed by atoms with Crippen LogP contribution in [0.15, 0.2) is 83.9 Å². The molecule has 0 aliphatic carbocycles. The third kappa shape index (κ3) is 8.17. The number of benzene rings is 2. The maximum absolute atomic E-state index is 14.7. The third-order valence-corrected chi connectivity index (χ3v) is 9.05. The summed E-state index contributed by atoms with van der Waals surface area (Å²) < 4.78 is 18.1. The van der Waals surface area contributed by atoms with Crippen LogP contribution in [0.2, 0.25) is 5.02 Å². The normalized spacial score (nSPS) is 13.8. The Hall–Kier alpha value is -5.50. The van der Waals surface area contributed by atoms with E-state index in [2.05, 4.69) is 25.5 Å². The minimum Gasteiger partial charge on any atom is -0.497 e. The van der Waals surface area contributed by atoms with E-state index >= 15 is 0 Å². The van der Waals surface area contributed by atoms with Crippen molar-refractivity contribution in [2.75, 3.05) is 76.7 Å². The highest BCUT2D eigenvalue weighted by atomic mass is 35.5. The highest BCUT2D eigenvalue weighted by Gasteiger charge is 2.23. The van der Waals surface area contributed by atoms with E-state index in [4.69, 9.17) is 30.8 Å². The van der Waals surface area contributed by atoms with E-state index in [0.29, 0.717) is 64.9 Å². The third-order valence-electron chi connectivity index (χ3n) is 8.66.